The fourth-order valence-corrected chi connectivity index (χ4v) is 3.20. The molecule has 21 heavy (non-hydrogen) atoms. The summed E-state index contributed by atoms with van der Waals surface area (Å²) in [5, 5.41) is 4.35. The number of hydrogen-bond donors (Lipinski definition) is 1. The summed E-state index contributed by atoms with van der Waals surface area (Å²) in [6, 6.07) is 7.38. The fraction of sp³-hybridized carbons (Fsp3) is 0.647. The smallest absolute Gasteiger partial charge is 0.0429 e. The molecule has 0 radical (unpaired) electrons. The third-order valence-electron chi connectivity index (χ3n) is 4.01. The van der Waals surface area contributed by atoms with Crippen molar-refractivity contribution in [3.05, 3.63) is 28.8 Å². The third kappa shape index (κ3) is 4.60. The zero-order valence-electron chi connectivity index (χ0n) is 13.7. The van der Waals surface area contributed by atoms with Crippen molar-refractivity contribution in [2.75, 3.05) is 32.1 Å². The Kier molecular flexibility index (Phi) is 5.91. The van der Waals surface area contributed by atoms with E-state index in [4.69, 9.17) is 11.6 Å². The highest BCUT2D eigenvalue weighted by atomic mass is 35.5. The van der Waals surface area contributed by atoms with Crippen molar-refractivity contribution in [3.63, 3.8) is 0 Å². The topological polar surface area (TPSA) is 18.5 Å². The number of benzene rings is 1. The maximum absolute atomic E-state index is 6.25. The Morgan fingerprint density at radius 3 is 2.81 bits per heavy atom. The lowest BCUT2D eigenvalue weighted by Gasteiger charge is -2.31. The summed E-state index contributed by atoms with van der Waals surface area (Å²) >= 11 is 6.25. The monoisotopic (exact) mass is 309 g/mol. The quantitative estimate of drug-likeness (QED) is 0.869. The largest absolute Gasteiger partial charge is 0.367 e. The van der Waals surface area contributed by atoms with Crippen LogP contribution in [0.2, 0.25) is 5.02 Å². The van der Waals surface area contributed by atoms with Crippen molar-refractivity contribution in [3.8, 4) is 0 Å². The van der Waals surface area contributed by atoms with Gasteiger partial charge in [-0.15, -0.1) is 0 Å². The van der Waals surface area contributed by atoms with Gasteiger partial charge >= 0.3 is 0 Å². The number of nitrogens with zero attached hydrogens (tertiary/aromatic N) is 2. The Hall–Kier alpha value is -0.770. The Morgan fingerprint density at radius 2 is 2.14 bits per heavy atom. The van der Waals surface area contributed by atoms with E-state index in [1.165, 1.54) is 24.1 Å². The minimum atomic E-state index is 0.490. The van der Waals surface area contributed by atoms with Gasteiger partial charge in [0.2, 0.25) is 0 Å². The predicted octanol–water partition coefficient (Wildman–Crippen LogP) is 3.37. The van der Waals surface area contributed by atoms with Crippen molar-refractivity contribution < 1.29 is 0 Å². The van der Waals surface area contributed by atoms with Crippen molar-refractivity contribution in [2.24, 2.45) is 0 Å². The molecule has 1 saturated heterocycles. The molecular formula is C17H28ClN3. The second-order valence-corrected chi connectivity index (χ2v) is 7.00. The summed E-state index contributed by atoms with van der Waals surface area (Å²) in [4.78, 5) is 4.82. The van der Waals surface area contributed by atoms with Crippen LogP contribution in [0.15, 0.2) is 18.2 Å². The van der Waals surface area contributed by atoms with Crippen LogP contribution in [0.5, 0.6) is 0 Å². The molecule has 1 aliphatic heterocycles. The van der Waals surface area contributed by atoms with E-state index >= 15 is 0 Å². The number of halogens is 1. The summed E-state index contributed by atoms with van der Waals surface area (Å²) in [5.41, 5.74) is 2.65. The number of nitrogens with one attached hydrogen (secondary N) is 1. The second kappa shape index (κ2) is 7.48. The first-order valence-electron chi connectivity index (χ1n) is 7.90. The SMILES string of the molecule is CC(C)NCc1ccc(Cl)cc1N1CCCC1CN(C)C. The molecule has 118 valence electrons. The van der Waals surface area contributed by atoms with E-state index in [0.29, 0.717) is 12.1 Å². The van der Waals surface area contributed by atoms with E-state index in [0.717, 1.165) is 24.7 Å². The van der Waals surface area contributed by atoms with Gasteiger partial charge in [-0.05, 0) is 44.6 Å². The van der Waals surface area contributed by atoms with Gasteiger partial charge in [-0.3, -0.25) is 0 Å². The molecule has 0 saturated carbocycles. The average Bonchev–Trinajstić information content (AvgIpc) is 2.84. The van der Waals surface area contributed by atoms with Crippen LogP contribution < -0.4 is 10.2 Å². The van der Waals surface area contributed by atoms with Crippen LogP contribution >= 0.6 is 11.6 Å². The number of likely N-dealkylation sites (N-methyl/N-ethyl adjacent to an activating group) is 1. The van der Waals surface area contributed by atoms with Crippen molar-refractivity contribution in [1.82, 2.24) is 10.2 Å². The number of rotatable bonds is 6. The highest BCUT2D eigenvalue weighted by Crippen LogP contribution is 2.31. The van der Waals surface area contributed by atoms with E-state index in [1.54, 1.807) is 0 Å². The molecule has 1 heterocycles. The van der Waals surface area contributed by atoms with E-state index in [-0.39, 0.29) is 0 Å². The minimum Gasteiger partial charge on any atom is -0.367 e. The van der Waals surface area contributed by atoms with Gasteiger partial charge in [0.1, 0.15) is 0 Å². The third-order valence-corrected chi connectivity index (χ3v) is 4.25. The van der Waals surface area contributed by atoms with Gasteiger partial charge in [0.05, 0.1) is 0 Å². The summed E-state index contributed by atoms with van der Waals surface area (Å²) in [6.45, 7) is 7.49. The maximum Gasteiger partial charge on any atom is 0.0429 e. The van der Waals surface area contributed by atoms with Gasteiger partial charge in [-0.25, -0.2) is 0 Å². The standard InChI is InChI=1S/C17H28ClN3/c1-13(2)19-11-14-7-8-15(18)10-17(14)21-9-5-6-16(21)12-20(3)4/h7-8,10,13,16,19H,5-6,9,11-12H2,1-4H3. The van der Waals surface area contributed by atoms with E-state index < -0.39 is 0 Å². The van der Waals surface area contributed by atoms with E-state index in [9.17, 15) is 0 Å². The zero-order valence-corrected chi connectivity index (χ0v) is 14.5. The first-order valence-corrected chi connectivity index (χ1v) is 8.28. The average molecular weight is 310 g/mol. The normalized spacial score (nSPS) is 19.0. The fourth-order valence-electron chi connectivity index (χ4n) is 3.03. The maximum atomic E-state index is 6.25. The molecule has 4 heteroatoms. The highest BCUT2D eigenvalue weighted by molar-refractivity contribution is 6.30. The first-order chi connectivity index (χ1) is 9.97. The van der Waals surface area contributed by atoms with Crippen molar-refractivity contribution >= 4 is 17.3 Å². The minimum absolute atomic E-state index is 0.490. The molecule has 1 N–H and O–H groups in total. The lowest BCUT2D eigenvalue weighted by Crippen LogP contribution is -2.38. The highest BCUT2D eigenvalue weighted by Gasteiger charge is 2.26. The summed E-state index contributed by atoms with van der Waals surface area (Å²) in [5.74, 6) is 0. The summed E-state index contributed by atoms with van der Waals surface area (Å²) in [7, 11) is 4.30. The van der Waals surface area contributed by atoms with Gasteiger partial charge in [0.25, 0.3) is 0 Å². The van der Waals surface area contributed by atoms with Crippen LogP contribution in [0.25, 0.3) is 0 Å². The van der Waals surface area contributed by atoms with Crippen molar-refractivity contribution in [2.45, 2.75) is 45.3 Å². The van der Waals surface area contributed by atoms with Gasteiger partial charge < -0.3 is 15.1 Å². The lowest BCUT2D eigenvalue weighted by molar-refractivity contribution is 0.372. The molecule has 3 nitrogen and oxygen atoms in total. The summed E-state index contributed by atoms with van der Waals surface area (Å²) in [6.07, 6.45) is 2.53. The van der Waals surface area contributed by atoms with E-state index in [2.05, 4.69) is 55.2 Å². The predicted molar refractivity (Wildman–Crippen MR) is 92.3 cm³/mol. The second-order valence-electron chi connectivity index (χ2n) is 6.56. The van der Waals surface area contributed by atoms with Crippen LogP contribution in [-0.4, -0.2) is 44.2 Å². The molecule has 0 aromatic heterocycles. The molecule has 1 unspecified atom stereocenters. The molecule has 1 aromatic rings. The molecular weight excluding hydrogens is 282 g/mol. The number of anilines is 1. The van der Waals surface area contributed by atoms with Gasteiger partial charge in [0.15, 0.2) is 0 Å². The van der Waals surface area contributed by atoms with Gasteiger partial charge in [0, 0.05) is 42.4 Å². The first kappa shape index (κ1) is 16.6. The molecule has 1 atom stereocenters. The van der Waals surface area contributed by atoms with Crippen LogP contribution in [0, 0.1) is 0 Å². The molecule has 0 spiro atoms. The van der Waals surface area contributed by atoms with Crippen molar-refractivity contribution in [1.29, 1.82) is 0 Å². The van der Waals surface area contributed by atoms with Crippen LogP contribution in [-0.2, 0) is 6.54 Å². The zero-order chi connectivity index (χ0) is 15.4. The Bertz CT molecular complexity index is 459. The van der Waals surface area contributed by atoms with Crippen LogP contribution in [0.1, 0.15) is 32.3 Å². The Morgan fingerprint density at radius 1 is 1.38 bits per heavy atom. The van der Waals surface area contributed by atoms with Crippen LogP contribution in [0.3, 0.4) is 0 Å². The molecule has 1 aromatic carbocycles. The lowest BCUT2D eigenvalue weighted by atomic mass is 10.1. The molecule has 1 fully saturated rings. The summed E-state index contributed by atoms with van der Waals surface area (Å²) < 4.78 is 0. The molecule has 0 bridgehead atoms. The van der Waals surface area contributed by atoms with Gasteiger partial charge in [-0.1, -0.05) is 31.5 Å². The molecule has 2 rings (SSSR count). The molecule has 0 amide bonds. The van der Waals surface area contributed by atoms with Crippen LogP contribution in [0.4, 0.5) is 5.69 Å². The van der Waals surface area contributed by atoms with Gasteiger partial charge in [-0.2, -0.15) is 0 Å². The van der Waals surface area contributed by atoms with E-state index in [1.807, 2.05) is 6.07 Å². The Labute approximate surface area is 134 Å². The number of hydrogen-bond acceptors (Lipinski definition) is 3. The Balaban J connectivity index is 2.21. The molecule has 0 aliphatic carbocycles. The molecule has 1 aliphatic rings.